The van der Waals surface area contributed by atoms with Crippen molar-refractivity contribution in [3.8, 4) is 10.8 Å². The quantitative estimate of drug-likeness (QED) is 0.175. The highest BCUT2D eigenvalue weighted by Crippen LogP contribution is 2.30. The number of aldehydes is 1. The van der Waals surface area contributed by atoms with E-state index in [1.54, 1.807) is 59.7 Å². The molecule has 5 rings (SSSR count). The number of aryl methyl sites for hydroxylation is 2. The van der Waals surface area contributed by atoms with Crippen molar-refractivity contribution >= 4 is 69.4 Å². The standard InChI is InChI=1S/C11H8ClN3S.C6H6ClNS.C5H6N2O/c1-15-5-4-13-10(15)11-14-8-6-7(12)2-3-9(8)16-11;7-4-1-2-6(9)5(8)3-4;1-7-3-2-6-5(7)4-8/h2-6H,1H3;1-3,9H,8H2;2-4H,1H3. The van der Waals surface area contributed by atoms with Gasteiger partial charge in [-0.15, -0.1) is 24.0 Å². The molecular weight excluding hydrogens is 499 g/mol. The third-order valence-corrected chi connectivity index (χ3v) is 6.23. The van der Waals surface area contributed by atoms with Crippen LogP contribution in [0, 0.1) is 0 Å². The zero-order valence-electron chi connectivity index (χ0n) is 17.7. The summed E-state index contributed by atoms with van der Waals surface area (Å²) >= 11 is 17.2. The van der Waals surface area contributed by atoms with Gasteiger partial charge in [-0.05, 0) is 36.4 Å². The Labute approximate surface area is 210 Å². The second-order valence-electron chi connectivity index (χ2n) is 6.71. The van der Waals surface area contributed by atoms with Crippen molar-refractivity contribution in [3.63, 3.8) is 0 Å². The van der Waals surface area contributed by atoms with E-state index < -0.39 is 0 Å². The van der Waals surface area contributed by atoms with Crippen LogP contribution >= 0.6 is 47.2 Å². The molecule has 0 fully saturated rings. The number of thiol groups is 1. The zero-order chi connectivity index (χ0) is 24.0. The minimum Gasteiger partial charge on any atom is -0.398 e. The predicted octanol–water partition coefficient (Wildman–Crippen LogP) is 5.79. The SMILES string of the molecule is Cn1ccnc1-c1nc2cc(Cl)ccc2s1.Cn1ccnc1C=O.Nc1cc(Cl)ccc1S. The van der Waals surface area contributed by atoms with E-state index in [-0.39, 0.29) is 0 Å². The van der Waals surface area contributed by atoms with Gasteiger partial charge in [0.25, 0.3) is 0 Å². The van der Waals surface area contributed by atoms with Crippen LogP contribution in [0.2, 0.25) is 10.0 Å². The summed E-state index contributed by atoms with van der Waals surface area (Å²) in [6.45, 7) is 0. The summed E-state index contributed by atoms with van der Waals surface area (Å²) < 4.78 is 4.74. The van der Waals surface area contributed by atoms with Gasteiger partial charge in [0.2, 0.25) is 0 Å². The fourth-order valence-corrected chi connectivity index (χ4v) is 4.06. The smallest absolute Gasteiger partial charge is 0.185 e. The van der Waals surface area contributed by atoms with Crippen molar-refractivity contribution in [1.29, 1.82) is 0 Å². The second-order valence-corrected chi connectivity index (χ2v) is 9.10. The number of thiazole rings is 1. The van der Waals surface area contributed by atoms with Gasteiger partial charge in [-0.1, -0.05) is 23.2 Å². The van der Waals surface area contributed by atoms with E-state index in [2.05, 4.69) is 27.6 Å². The number of nitrogens with zero attached hydrogens (tertiary/aromatic N) is 5. The number of halogens is 2. The number of nitrogens with two attached hydrogens (primary N) is 1. The summed E-state index contributed by atoms with van der Waals surface area (Å²) in [5.74, 6) is 1.35. The number of anilines is 1. The summed E-state index contributed by atoms with van der Waals surface area (Å²) in [6, 6.07) is 10.9. The highest BCUT2D eigenvalue weighted by molar-refractivity contribution is 7.80. The molecule has 0 spiro atoms. The fourth-order valence-electron chi connectivity index (χ4n) is 2.58. The summed E-state index contributed by atoms with van der Waals surface area (Å²) in [7, 11) is 3.73. The maximum Gasteiger partial charge on any atom is 0.185 e. The first kappa shape index (κ1) is 24.8. The van der Waals surface area contributed by atoms with E-state index in [0.29, 0.717) is 21.6 Å². The van der Waals surface area contributed by atoms with Crippen molar-refractivity contribution < 1.29 is 4.79 Å². The number of carbonyl (C=O) groups is 1. The van der Waals surface area contributed by atoms with Crippen LogP contribution in [-0.2, 0) is 14.1 Å². The van der Waals surface area contributed by atoms with Gasteiger partial charge >= 0.3 is 0 Å². The molecular formula is C22H20Cl2N6OS2. The molecule has 7 nitrogen and oxygen atoms in total. The maximum atomic E-state index is 10.0. The maximum absolute atomic E-state index is 10.0. The molecule has 0 bridgehead atoms. The molecule has 0 amide bonds. The van der Waals surface area contributed by atoms with Crippen LogP contribution in [-0.4, -0.2) is 30.4 Å². The molecule has 0 saturated heterocycles. The highest BCUT2D eigenvalue weighted by Gasteiger charge is 2.10. The van der Waals surface area contributed by atoms with E-state index >= 15 is 0 Å². The molecule has 0 aliphatic carbocycles. The number of rotatable bonds is 2. The molecule has 3 heterocycles. The number of nitrogen functional groups attached to an aromatic ring is 1. The average molecular weight is 519 g/mol. The first-order valence-corrected chi connectivity index (χ1v) is 11.5. The normalized spacial score (nSPS) is 10.2. The van der Waals surface area contributed by atoms with Gasteiger partial charge in [0.1, 0.15) is 0 Å². The molecule has 0 saturated carbocycles. The van der Waals surface area contributed by atoms with Gasteiger partial charge in [0.15, 0.2) is 22.9 Å². The Kier molecular flexibility index (Phi) is 8.51. The minimum atomic E-state index is 0.463. The van der Waals surface area contributed by atoms with Crippen LogP contribution in [0.4, 0.5) is 5.69 Å². The average Bonchev–Trinajstić information content (AvgIpc) is 3.50. The topological polar surface area (TPSA) is 91.6 Å². The van der Waals surface area contributed by atoms with Gasteiger partial charge in [0, 0.05) is 59.5 Å². The van der Waals surface area contributed by atoms with Crippen LogP contribution in [0.25, 0.3) is 21.0 Å². The largest absolute Gasteiger partial charge is 0.398 e. The second kappa shape index (κ2) is 11.3. The summed E-state index contributed by atoms with van der Waals surface area (Å²) in [6.07, 6.45) is 7.72. The summed E-state index contributed by atoms with van der Waals surface area (Å²) in [4.78, 5) is 23.3. The van der Waals surface area contributed by atoms with E-state index in [9.17, 15) is 4.79 Å². The number of aromatic nitrogens is 5. The number of benzene rings is 2. The third kappa shape index (κ3) is 6.58. The molecule has 0 radical (unpaired) electrons. The lowest BCUT2D eigenvalue weighted by Gasteiger charge is -1.96. The zero-order valence-corrected chi connectivity index (χ0v) is 20.9. The number of carbonyl (C=O) groups excluding carboxylic acids is 1. The first-order chi connectivity index (χ1) is 15.8. The number of hydrogen-bond donors (Lipinski definition) is 2. The van der Waals surface area contributed by atoms with Crippen LogP contribution in [0.15, 0.2) is 66.1 Å². The molecule has 33 heavy (non-hydrogen) atoms. The Morgan fingerprint density at radius 1 is 1.00 bits per heavy atom. The first-order valence-electron chi connectivity index (χ1n) is 9.48. The molecule has 170 valence electrons. The molecule has 0 aliphatic rings. The molecule has 2 aromatic carbocycles. The van der Waals surface area contributed by atoms with Crippen LogP contribution in [0.1, 0.15) is 10.6 Å². The number of imidazole rings is 2. The molecule has 5 aromatic rings. The molecule has 0 aliphatic heterocycles. The van der Waals surface area contributed by atoms with Crippen molar-refractivity contribution in [3.05, 3.63) is 77.1 Å². The van der Waals surface area contributed by atoms with Gasteiger partial charge < -0.3 is 14.9 Å². The van der Waals surface area contributed by atoms with Gasteiger partial charge in [-0.3, -0.25) is 4.79 Å². The number of hydrogen-bond acceptors (Lipinski definition) is 7. The lowest BCUT2D eigenvalue weighted by molar-refractivity contribution is 0.111. The molecule has 0 unspecified atom stereocenters. The third-order valence-electron chi connectivity index (χ3n) is 4.32. The summed E-state index contributed by atoms with van der Waals surface area (Å²) in [5.41, 5.74) is 7.00. The van der Waals surface area contributed by atoms with Gasteiger partial charge in [-0.25, -0.2) is 15.0 Å². The van der Waals surface area contributed by atoms with Crippen molar-refractivity contribution in [2.45, 2.75) is 4.90 Å². The van der Waals surface area contributed by atoms with Crippen molar-refractivity contribution in [2.24, 2.45) is 14.1 Å². The lowest BCUT2D eigenvalue weighted by Crippen LogP contribution is -1.92. The Hall–Kier alpha value is -2.85. The Morgan fingerprint density at radius 2 is 1.67 bits per heavy atom. The molecule has 3 aromatic heterocycles. The highest BCUT2D eigenvalue weighted by atomic mass is 35.5. The molecule has 11 heteroatoms. The van der Waals surface area contributed by atoms with Crippen LogP contribution in [0.3, 0.4) is 0 Å². The van der Waals surface area contributed by atoms with Crippen molar-refractivity contribution in [2.75, 3.05) is 5.73 Å². The monoisotopic (exact) mass is 518 g/mol. The Morgan fingerprint density at radius 3 is 2.21 bits per heavy atom. The summed E-state index contributed by atoms with van der Waals surface area (Å²) in [5, 5.41) is 2.28. The Balaban J connectivity index is 0.000000153. The van der Waals surface area contributed by atoms with Gasteiger partial charge in [-0.2, -0.15) is 0 Å². The van der Waals surface area contributed by atoms with Crippen LogP contribution in [0.5, 0.6) is 0 Å². The van der Waals surface area contributed by atoms with E-state index in [1.165, 1.54) is 0 Å². The number of fused-ring (bicyclic) bond motifs is 1. The minimum absolute atomic E-state index is 0.463. The Bertz CT molecular complexity index is 1380. The van der Waals surface area contributed by atoms with Gasteiger partial charge in [0.05, 0.1) is 10.2 Å². The van der Waals surface area contributed by atoms with E-state index in [0.717, 1.165) is 32.2 Å². The molecule has 0 atom stereocenters. The van der Waals surface area contributed by atoms with Crippen LogP contribution < -0.4 is 5.73 Å². The van der Waals surface area contributed by atoms with E-state index in [4.69, 9.17) is 28.9 Å². The molecule has 2 N–H and O–H groups in total. The van der Waals surface area contributed by atoms with E-state index in [1.807, 2.05) is 36.0 Å². The predicted molar refractivity (Wildman–Crippen MR) is 139 cm³/mol. The lowest BCUT2D eigenvalue weighted by atomic mass is 10.3. The fraction of sp³-hybridized carbons (Fsp3) is 0.0909. The van der Waals surface area contributed by atoms with Crippen molar-refractivity contribution in [1.82, 2.24) is 24.1 Å².